The Morgan fingerprint density at radius 2 is 1.71 bits per heavy atom. The molecule has 0 aliphatic heterocycles. The molecule has 0 bridgehead atoms. The van der Waals surface area contributed by atoms with Crippen LogP contribution in [0.5, 0.6) is 0 Å². The summed E-state index contributed by atoms with van der Waals surface area (Å²) in [4.78, 5) is 0. The van der Waals surface area contributed by atoms with Crippen molar-refractivity contribution >= 4 is 59.9 Å². The van der Waals surface area contributed by atoms with Gasteiger partial charge in [-0.05, 0) is 61.7 Å². The van der Waals surface area contributed by atoms with Gasteiger partial charge in [0, 0.05) is 10.8 Å². The molecule has 0 saturated heterocycles. The van der Waals surface area contributed by atoms with Crippen LogP contribution in [0.15, 0.2) is 50.3 Å². The Morgan fingerprint density at radius 1 is 0.941 bits per heavy atom. The average molecular weight is 352 g/mol. The van der Waals surface area contributed by atoms with E-state index in [0.29, 0.717) is 0 Å². The monoisotopic (exact) mass is 350 g/mol. The van der Waals surface area contributed by atoms with Crippen LogP contribution >= 0.6 is 31.9 Å². The summed E-state index contributed by atoms with van der Waals surface area (Å²) in [7, 11) is 0. The van der Waals surface area contributed by atoms with Crippen LogP contribution in [0.25, 0.3) is 28.0 Å². The van der Waals surface area contributed by atoms with E-state index in [2.05, 4.69) is 44.0 Å². The summed E-state index contributed by atoms with van der Waals surface area (Å²) in [5.74, 6) is 0. The SMILES string of the molecule is BrC(Br)=Cc1ccc2oc3ccccc3c2c1. The van der Waals surface area contributed by atoms with Crippen molar-refractivity contribution in [3.05, 3.63) is 51.4 Å². The summed E-state index contributed by atoms with van der Waals surface area (Å²) in [6.45, 7) is 0. The third kappa shape index (κ3) is 2.05. The number of fused-ring (bicyclic) bond motifs is 3. The summed E-state index contributed by atoms with van der Waals surface area (Å²) >= 11 is 6.74. The van der Waals surface area contributed by atoms with Gasteiger partial charge >= 0.3 is 0 Å². The smallest absolute Gasteiger partial charge is 0.135 e. The number of furan rings is 1. The van der Waals surface area contributed by atoms with Crippen molar-refractivity contribution < 1.29 is 4.42 Å². The number of benzene rings is 2. The lowest BCUT2D eigenvalue weighted by molar-refractivity contribution is 0.669. The van der Waals surface area contributed by atoms with Crippen molar-refractivity contribution in [2.24, 2.45) is 0 Å². The van der Waals surface area contributed by atoms with Gasteiger partial charge in [-0.15, -0.1) is 0 Å². The minimum absolute atomic E-state index is 0.925. The largest absolute Gasteiger partial charge is 0.456 e. The topological polar surface area (TPSA) is 13.1 Å². The molecule has 3 rings (SSSR count). The molecule has 0 fully saturated rings. The van der Waals surface area contributed by atoms with Crippen molar-refractivity contribution in [3.8, 4) is 0 Å². The highest BCUT2D eigenvalue weighted by atomic mass is 79.9. The molecule has 0 saturated carbocycles. The van der Waals surface area contributed by atoms with Gasteiger partial charge in [-0.2, -0.15) is 0 Å². The Bertz CT molecular complexity index is 721. The molecule has 3 aromatic rings. The molecule has 0 aliphatic rings. The van der Waals surface area contributed by atoms with Crippen LogP contribution in [0, 0.1) is 0 Å². The second kappa shape index (κ2) is 4.31. The lowest BCUT2D eigenvalue weighted by atomic mass is 10.1. The first kappa shape index (κ1) is 11.1. The van der Waals surface area contributed by atoms with Gasteiger partial charge in [0.05, 0.1) is 3.39 Å². The van der Waals surface area contributed by atoms with E-state index in [1.807, 2.05) is 36.4 Å². The zero-order valence-corrected chi connectivity index (χ0v) is 12.0. The first-order chi connectivity index (χ1) is 8.24. The van der Waals surface area contributed by atoms with E-state index >= 15 is 0 Å². The first-order valence-corrected chi connectivity index (χ1v) is 6.76. The van der Waals surface area contributed by atoms with Gasteiger partial charge in [0.1, 0.15) is 11.2 Å². The molecule has 2 aromatic carbocycles. The molecule has 0 unspecified atom stereocenters. The van der Waals surface area contributed by atoms with Crippen LogP contribution in [0.3, 0.4) is 0 Å². The molecule has 0 N–H and O–H groups in total. The Hall–Kier alpha value is -1.06. The van der Waals surface area contributed by atoms with E-state index in [1.165, 1.54) is 0 Å². The molecule has 0 radical (unpaired) electrons. The molecule has 0 atom stereocenters. The predicted molar refractivity (Wildman–Crippen MR) is 79.6 cm³/mol. The molecular formula is C14H8Br2O. The van der Waals surface area contributed by atoms with Gasteiger partial charge in [-0.3, -0.25) is 0 Å². The molecule has 84 valence electrons. The second-order valence-electron chi connectivity index (χ2n) is 3.79. The van der Waals surface area contributed by atoms with Crippen LogP contribution in [-0.4, -0.2) is 0 Å². The van der Waals surface area contributed by atoms with Crippen LogP contribution < -0.4 is 0 Å². The third-order valence-corrected chi connectivity index (χ3v) is 3.13. The zero-order valence-electron chi connectivity index (χ0n) is 8.78. The summed E-state index contributed by atoms with van der Waals surface area (Å²) in [6.07, 6.45) is 2.02. The van der Waals surface area contributed by atoms with Gasteiger partial charge in [0.2, 0.25) is 0 Å². The zero-order chi connectivity index (χ0) is 11.8. The molecule has 0 amide bonds. The highest BCUT2D eigenvalue weighted by Crippen LogP contribution is 2.30. The fraction of sp³-hybridized carbons (Fsp3) is 0. The van der Waals surface area contributed by atoms with E-state index in [1.54, 1.807) is 0 Å². The normalized spacial score (nSPS) is 10.9. The van der Waals surface area contributed by atoms with Crippen LogP contribution in [0.2, 0.25) is 0 Å². The van der Waals surface area contributed by atoms with E-state index in [0.717, 1.165) is 30.9 Å². The average Bonchev–Trinajstić information content (AvgIpc) is 2.66. The fourth-order valence-electron chi connectivity index (χ4n) is 1.96. The van der Waals surface area contributed by atoms with E-state index in [-0.39, 0.29) is 0 Å². The minimum Gasteiger partial charge on any atom is -0.456 e. The Labute approximate surface area is 115 Å². The quantitative estimate of drug-likeness (QED) is 0.550. The lowest BCUT2D eigenvalue weighted by Gasteiger charge is -1.94. The summed E-state index contributed by atoms with van der Waals surface area (Å²) < 4.78 is 6.70. The highest BCUT2D eigenvalue weighted by Gasteiger charge is 2.05. The van der Waals surface area contributed by atoms with E-state index in [4.69, 9.17) is 4.42 Å². The van der Waals surface area contributed by atoms with Crippen molar-refractivity contribution in [3.63, 3.8) is 0 Å². The van der Waals surface area contributed by atoms with Gasteiger partial charge < -0.3 is 4.42 Å². The van der Waals surface area contributed by atoms with Crippen LogP contribution in [0.1, 0.15) is 5.56 Å². The van der Waals surface area contributed by atoms with Gasteiger partial charge in [0.25, 0.3) is 0 Å². The van der Waals surface area contributed by atoms with Crippen molar-refractivity contribution in [2.75, 3.05) is 0 Å². The fourth-order valence-corrected chi connectivity index (χ4v) is 2.49. The Kier molecular flexibility index (Phi) is 2.81. The Morgan fingerprint density at radius 3 is 2.53 bits per heavy atom. The number of hydrogen-bond acceptors (Lipinski definition) is 1. The second-order valence-corrected chi connectivity index (χ2v) is 6.56. The minimum atomic E-state index is 0.925. The molecule has 1 nitrogen and oxygen atoms in total. The third-order valence-electron chi connectivity index (χ3n) is 2.68. The highest BCUT2D eigenvalue weighted by molar-refractivity contribution is 9.28. The maximum atomic E-state index is 5.77. The molecule has 3 heteroatoms. The van der Waals surface area contributed by atoms with E-state index in [9.17, 15) is 0 Å². The number of para-hydroxylation sites is 1. The van der Waals surface area contributed by atoms with Crippen molar-refractivity contribution in [2.45, 2.75) is 0 Å². The van der Waals surface area contributed by atoms with Gasteiger partial charge in [0.15, 0.2) is 0 Å². The summed E-state index contributed by atoms with van der Waals surface area (Å²) in [6, 6.07) is 14.3. The molecule has 0 aliphatic carbocycles. The summed E-state index contributed by atoms with van der Waals surface area (Å²) in [5, 5.41) is 2.30. The number of halogens is 2. The maximum Gasteiger partial charge on any atom is 0.135 e. The van der Waals surface area contributed by atoms with Gasteiger partial charge in [-0.1, -0.05) is 24.3 Å². The molecule has 17 heavy (non-hydrogen) atoms. The Balaban J connectivity index is 2.33. The molecule has 1 aromatic heterocycles. The molecule has 0 spiro atoms. The standard InChI is InChI=1S/C14H8Br2O/c15-14(16)8-9-5-6-13-11(7-9)10-3-1-2-4-12(10)17-13/h1-8H. The number of rotatable bonds is 1. The van der Waals surface area contributed by atoms with Gasteiger partial charge in [-0.25, -0.2) is 0 Å². The van der Waals surface area contributed by atoms with Crippen molar-refractivity contribution in [1.82, 2.24) is 0 Å². The molecular weight excluding hydrogens is 344 g/mol. The molecule has 1 heterocycles. The number of hydrogen-bond donors (Lipinski definition) is 0. The van der Waals surface area contributed by atoms with Crippen LogP contribution in [-0.2, 0) is 0 Å². The maximum absolute atomic E-state index is 5.77. The van der Waals surface area contributed by atoms with Crippen LogP contribution in [0.4, 0.5) is 0 Å². The summed E-state index contributed by atoms with van der Waals surface area (Å²) in [5.41, 5.74) is 2.99. The lowest BCUT2D eigenvalue weighted by Crippen LogP contribution is -1.71. The van der Waals surface area contributed by atoms with E-state index < -0.39 is 0 Å². The predicted octanol–water partition coefficient (Wildman–Crippen LogP) is 5.67. The van der Waals surface area contributed by atoms with Crippen molar-refractivity contribution in [1.29, 1.82) is 0 Å². The first-order valence-electron chi connectivity index (χ1n) is 5.18.